The van der Waals surface area contributed by atoms with E-state index in [4.69, 9.17) is 15.5 Å². The van der Waals surface area contributed by atoms with E-state index in [1.807, 2.05) is 17.8 Å². The monoisotopic (exact) mass is 337 g/mol. The number of anilines is 1. The smallest absolute Gasteiger partial charge is 0.341 e. The second kappa shape index (κ2) is 5.92. The molecular weight excluding hydrogens is 314 g/mol. The summed E-state index contributed by atoms with van der Waals surface area (Å²) in [6, 6.07) is 4.33. The van der Waals surface area contributed by atoms with Crippen LogP contribution in [0.4, 0.5) is 5.69 Å². The number of methoxy groups -OCH3 is 1. The van der Waals surface area contributed by atoms with Crippen molar-refractivity contribution < 1.29 is 9.53 Å². The SMILES string of the molecule is COC(=O)c1c(C)nc2c(-c3c(C)cc(C)cc3C)cn(C)c2c1N. The number of rotatable bonds is 2. The summed E-state index contributed by atoms with van der Waals surface area (Å²) in [5, 5.41) is 0. The Labute approximate surface area is 147 Å². The Balaban J connectivity index is 2.40. The first-order valence-electron chi connectivity index (χ1n) is 8.17. The van der Waals surface area contributed by atoms with Gasteiger partial charge in [-0.05, 0) is 44.4 Å². The van der Waals surface area contributed by atoms with Crippen molar-refractivity contribution in [3.63, 3.8) is 0 Å². The standard InChI is InChI=1S/C20H23N3O2/c1-10-7-11(2)15(12(3)8-10)14-9-23(5)19-17(21)16(20(24)25-6)13(4)22-18(14)19/h7-9H,1-6H3,(H2,21,22). The van der Waals surface area contributed by atoms with E-state index in [0.29, 0.717) is 16.9 Å². The van der Waals surface area contributed by atoms with E-state index in [9.17, 15) is 4.79 Å². The highest BCUT2D eigenvalue weighted by Gasteiger charge is 2.23. The van der Waals surface area contributed by atoms with Crippen molar-refractivity contribution in [3.8, 4) is 11.1 Å². The van der Waals surface area contributed by atoms with E-state index >= 15 is 0 Å². The average molecular weight is 337 g/mol. The maximum absolute atomic E-state index is 12.1. The molecule has 0 aliphatic heterocycles. The van der Waals surface area contributed by atoms with Crippen LogP contribution in [0.1, 0.15) is 32.7 Å². The summed E-state index contributed by atoms with van der Waals surface area (Å²) in [4.78, 5) is 16.8. The van der Waals surface area contributed by atoms with Crippen LogP contribution in [0, 0.1) is 27.7 Å². The first kappa shape index (κ1) is 17.0. The first-order valence-corrected chi connectivity index (χ1v) is 8.17. The van der Waals surface area contributed by atoms with Gasteiger partial charge in [-0.15, -0.1) is 0 Å². The maximum Gasteiger partial charge on any atom is 0.341 e. The van der Waals surface area contributed by atoms with Crippen LogP contribution >= 0.6 is 0 Å². The molecule has 2 heterocycles. The third-order valence-electron chi connectivity index (χ3n) is 4.66. The molecule has 3 aromatic rings. The molecular formula is C20H23N3O2. The van der Waals surface area contributed by atoms with E-state index < -0.39 is 5.97 Å². The van der Waals surface area contributed by atoms with Gasteiger partial charge in [-0.1, -0.05) is 17.7 Å². The van der Waals surface area contributed by atoms with Crippen molar-refractivity contribution in [2.45, 2.75) is 27.7 Å². The summed E-state index contributed by atoms with van der Waals surface area (Å²) in [5.41, 5.74) is 15.0. The number of hydrogen-bond acceptors (Lipinski definition) is 4. The lowest BCUT2D eigenvalue weighted by atomic mass is 9.94. The van der Waals surface area contributed by atoms with Gasteiger partial charge in [-0.2, -0.15) is 0 Å². The number of nitrogens with two attached hydrogens (primary N) is 1. The van der Waals surface area contributed by atoms with Crippen molar-refractivity contribution >= 4 is 22.7 Å². The number of fused-ring (bicyclic) bond motifs is 1. The lowest BCUT2D eigenvalue weighted by Crippen LogP contribution is -2.10. The number of nitrogen functional groups attached to an aromatic ring is 1. The Hall–Kier alpha value is -2.82. The van der Waals surface area contributed by atoms with Crippen molar-refractivity contribution in [2.24, 2.45) is 7.05 Å². The second-order valence-corrected chi connectivity index (χ2v) is 6.60. The van der Waals surface area contributed by atoms with E-state index in [1.54, 1.807) is 6.92 Å². The van der Waals surface area contributed by atoms with Crippen LogP contribution in [0.5, 0.6) is 0 Å². The van der Waals surface area contributed by atoms with E-state index in [2.05, 4.69) is 32.9 Å². The molecule has 25 heavy (non-hydrogen) atoms. The third kappa shape index (κ3) is 2.56. The number of esters is 1. The number of ether oxygens (including phenoxy) is 1. The fourth-order valence-corrected chi connectivity index (χ4v) is 3.73. The Bertz CT molecular complexity index is 993. The summed E-state index contributed by atoms with van der Waals surface area (Å²) in [5.74, 6) is -0.463. The fourth-order valence-electron chi connectivity index (χ4n) is 3.73. The van der Waals surface area contributed by atoms with Gasteiger partial charge in [0.05, 0.1) is 29.5 Å². The van der Waals surface area contributed by atoms with Gasteiger partial charge in [0.25, 0.3) is 0 Å². The molecule has 0 spiro atoms. The number of benzene rings is 1. The third-order valence-corrected chi connectivity index (χ3v) is 4.66. The van der Waals surface area contributed by atoms with Gasteiger partial charge >= 0.3 is 5.97 Å². The van der Waals surface area contributed by atoms with Gasteiger partial charge < -0.3 is 15.0 Å². The summed E-state index contributed by atoms with van der Waals surface area (Å²) in [6.07, 6.45) is 2.03. The van der Waals surface area contributed by atoms with Crippen LogP contribution in [0.25, 0.3) is 22.2 Å². The minimum Gasteiger partial charge on any atom is -0.465 e. The van der Waals surface area contributed by atoms with Crippen molar-refractivity contribution in [1.82, 2.24) is 9.55 Å². The molecule has 0 unspecified atom stereocenters. The van der Waals surface area contributed by atoms with Gasteiger partial charge in [0.1, 0.15) is 5.56 Å². The zero-order chi connectivity index (χ0) is 18.5. The number of aromatic nitrogens is 2. The highest BCUT2D eigenvalue weighted by molar-refractivity contribution is 6.08. The van der Waals surface area contributed by atoms with Gasteiger partial charge in [0.2, 0.25) is 0 Å². The minimum absolute atomic E-state index is 0.333. The molecule has 0 radical (unpaired) electrons. The number of pyridine rings is 1. The molecule has 0 bridgehead atoms. The minimum atomic E-state index is -0.463. The lowest BCUT2D eigenvalue weighted by Gasteiger charge is -2.12. The Morgan fingerprint density at radius 2 is 1.76 bits per heavy atom. The molecule has 0 saturated carbocycles. The van der Waals surface area contributed by atoms with Crippen LogP contribution in [0.3, 0.4) is 0 Å². The molecule has 5 heteroatoms. The Morgan fingerprint density at radius 3 is 2.32 bits per heavy atom. The van der Waals surface area contributed by atoms with Crippen LogP contribution < -0.4 is 5.73 Å². The Morgan fingerprint density at radius 1 is 1.16 bits per heavy atom. The van der Waals surface area contributed by atoms with Crippen molar-refractivity contribution in [2.75, 3.05) is 12.8 Å². The molecule has 2 N–H and O–H groups in total. The quantitative estimate of drug-likeness (QED) is 0.721. The van der Waals surface area contributed by atoms with E-state index in [0.717, 1.165) is 22.2 Å². The van der Waals surface area contributed by atoms with E-state index in [-0.39, 0.29) is 0 Å². The largest absolute Gasteiger partial charge is 0.465 e. The summed E-state index contributed by atoms with van der Waals surface area (Å²) >= 11 is 0. The summed E-state index contributed by atoms with van der Waals surface area (Å²) < 4.78 is 6.79. The highest BCUT2D eigenvalue weighted by Crippen LogP contribution is 2.37. The number of hydrogen-bond donors (Lipinski definition) is 1. The molecule has 0 aliphatic rings. The van der Waals surface area contributed by atoms with E-state index in [1.165, 1.54) is 23.8 Å². The van der Waals surface area contributed by atoms with Crippen LogP contribution in [0.2, 0.25) is 0 Å². The molecule has 3 rings (SSSR count). The predicted octanol–water partition coefficient (Wildman–Crippen LogP) is 3.84. The molecule has 130 valence electrons. The average Bonchev–Trinajstić information content (AvgIpc) is 2.82. The molecule has 1 aromatic carbocycles. The number of nitrogens with zero attached hydrogens (tertiary/aromatic N) is 2. The first-order chi connectivity index (χ1) is 11.8. The zero-order valence-electron chi connectivity index (χ0n) is 15.5. The number of carbonyl (C=O) groups is 1. The predicted molar refractivity (Wildman–Crippen MR) is 101 cm³/mol. The molecule has 0 amide bonds. The zero-order valence-corrected chi connectivity index (χ0v) is 15.5. The number of carbonyl (C=O) groups excluding carboxylic acids is 1. The second-order valence-electron chi connectivity index (χ2n) is 6.60. The van der Waals surface area contributed by atoms with Crippen molar-refractivity contribution in [1.29, 1.82) is 0 Å². The fraction of sp³-hybridized carbons (Fsp3) is 0.300. The van der Waals surface area contributed by atoms with Gasteiger partial charge in [0.15, 0.2) is 0 Å². The molecule has 0 saturated heterocycles. The maximum atomic E-state index is 12.1. The van der Waals surface area contributed by atoms with Crippen LogP contribution in [-0.2, 0) is 11.8 Å². The van der Waals surface area contributed by atoms with Gasteiger partial charge in [-0.3, -0.25) is 0 Å². The van der Waals surface area contributed by atoms with Crippen molar-refractivity contribution in [3.05, 3.63) is 46.3 Å². The molecule has 0 aliphatic carbocycles. The van der Waals surface area contributed by atoms with Crippen LogP contribution in [0.15, 0.2) is 18.3 Å². The topological polar surface area (TPSA) is 70.1 Å². The number of aryl methyl sites for hydroxylation is 5. The van der Waals surface area contributed by atoms with Crippen LogP contribution in [-0.4, -0.2) is 22.6 Å². The summed E-state index contributed by atoms with van der Waals surface area (Å²) in [7, 11) is 3.26. The molecule has 0 fully saturated rings. The summed E-state index contributed by atoms with van der Waals surface area (Å²) in [6.45, 7) is 8.09. The Kier molecular flexibility index (Phi) is 4.03. The lowest BCUT2D eigenvalue weighted by molar-refractivity contribution is 0.0601. The highest BCUT2D eigenvalue weighted by atomic mass is 16.5. The molecule has 5 nitrogen and oxygen atoms in total. The molecule has 0 atom stereocenters. The molecule has 2 aromatic heterocycles. The normalized spacial score (nSPS) is 11.1. The van der Waals surface area contributed by atoms with Gasteiger partial charge in [-0.25, -0.2) is 9.78 Å². The van der Waals surface area contributed by atoms with Gasteiger partial charge in [0, 0.05) is 18.8 Å².